The van der Waals surface area contributed by atoms with Crippen LogP contribution in [0.2, 0.25) is 0 Å². The zero-order valence-electron chi connectivity index (χ0n) is 9.67. The minimum absolute atomic E-state index is 0.0916. The van der Waals surface area contributed by atoms with Gasteiger partial charge in [-0.05, 0) is 0 Å². The van der Waals surface area contributed by atoms with Crippen LogP contribution in [-0.4, -0.2) is 20.0 Å². The molecule has 0 radical (unpaired) electrons. The number of hydrogen-bond donors (Lipinski definition) is 3. The van der Waals surface area contributed by atoms with E-state index in [1.807, 2.05) is 0 Å². The highest BCUT2D eigenvalue weighted by Crippen LogP contribution is 2.26. The summed E-state index contributed by atoms with van der Waals surface area (Å²) in [4.78, 5) is 16.9. The van der Waals surface area contributed by atoms with Crippen LogP contribution in [0.1, 0.15) is 0 Å². The molecule has 0 bridgehead atoms. The lowest BCUT2D eigenvalue weighted by Gasteiger charge is -2.06. The molecule has 0 unspecified atom stereocenters. The lowest BCUT2D eigenvalue weighted by Crippen LogP contribution is -2.04. The third-order valence-corrected chi connectivity index (χ3v) is 2.27. The van der Waals surface area contributed by atoms with Crippen molar-refractivity contribution in [2.45, 2.75) is 0 Å². The third-order valence-electron chi connectivity index (χ3n) is 2.27. The molecule has 0 aliphatic carbocycles. The van der Waals surface area contributed by atoms with Gasteiger partial charge in [0.15, 0.2) is 17.4 Å². The largest absolute Gasteiger partial charge is 0.503 e. The van der Waals surface area contributed by atoms with Gasteiger partial charge in [0.25, 0.3) is 0 Å². The van der Waals surface area contributed by atoms with Crippen LogP contribution in [0.3, 0.4) is 0 Å². The Kier molecular flexibility index (Phi) is 3.29. The van der Waals surface area contributed by atoms with Gasteiger partial charge >= 0.3 is 5.69 Å². The molecule has 104 valence electrons. The van der Waals surface area contributed by atoms with Crippen LogP contribution < -0.4 is 11.1 Å². The van der Waals surface area contributed by atoms with Crippen LogP contribution >= 0.6 is 0 Å². The van der Waals surface area contributed by atoms with Crippen molar-refractivity contribution in [3.05, 3.63) is 40.1 Å². The van der Waals surface area contributed by atoms with Crippen LogP contribution in [0, 0.1) is 21.7 Å². The summed E-state index contributed by atoms with van der Waals surface area (Å²) < 4.78 is 26.2. The van der Waals surface area contributed by atoms with Crippen molar-refractivity contribution in [3.8, 4) is 5.75 Å². The summed E-state index contributed by atoms with van der Waals surface area (Å²) in [5.74, 6) is -4.05. The molecular formula is C10H7F2N5O3. The van der Waals surface area contributed by atoms with E-state index >= 15 is 0 Å². The molecule has 0 saturated heterocycles. The highest BCUT2D eigenvalue weighted by atomic mass is 19.1. The van der Waals surface area contributed by atoms with Gasteiger partial charge in [0.2, 0.25) is 11.8 Å². The molecule has 0 fully saturated rings. The van der Waals surface area contributed by atoms with Crippen LogP contribution in [0.4, 0.5) is 31.9 Å². The van der Waals surface area contributed by atoms with Gasteiger partial charge < -0.3 is 16.2 Å². The van der Waals surface area contributed by atoms with Crippen molar-refractivity contribution >= 4 is 23.1 Å². The summed E-state index contributed by atoms with van der Waals surface area (Å²) in [7, 11) is 0. The fraction of sp³-hybridized carbons (Fsp3) is 0. The Labute approximate surface area is 110 Å². The Balaban J connectivity index is 2.31. The van der Waals surface area contributed by atoms with E-state index in [0.717, 1.165) is 18.3 Å². The molecule has 20 heavy (non-hydrogen) atoms. The van der Waals surface area contributed by atoms with Crippen molar-refractivity contribution in [2.24, 2.45) is 0 Å². The Morgan fingerprint density at radius 1 is 1.35 bits per heavy atom. The third kappa shape index (κ3) is 2.53. The number of aromatic hydroxyl groups is 1. The summed E-state index contributed by atoms with van der Waals surface area (Å²) in [5.41, 5.74) is 4.76. The average molecular weight is 283 g/mol. The number of nitrogens with two attached hydrogens (primary N) is 1. The van der Waals surface area contributed by atoms with E-state index in [1.54, 1.807) is 0 Å². The average Bonchev–Trinajstić information content (AvgIpc) is 2.35. The smallest absolute Gasteiger partial charge is 0.329 e. The summed E-state index contributed by atoms with van der Waals surface area (Å²) in [5, 5.41) is 21.9. The number of hydrogen-bond acceptors (Lipinski definition) is 7. The second kappa shape index (κ2) is 4.91. The molecule has 2 rings (SSSR count). The molecule has 8 nitrogen and oxygen atoms in total. The number of nitrogen functional groups attached to an aromatic ring is 1. The van der Waals surface area contributed by atoms with Crippen molar-refractivity contribution in [1.82, 2.24) is 9.97 Å². The Hall–Kier alpha value is -3.04. The lowest BCUT2D eigenvalue weighted by molar-refractivity contribution is -0.384. The first-order valence-electron chi connectivity index (χ1n) is 5.10. The van der Waals surface area contributed by atoms with E-state index in [4.69, 9.17) is 10.8 Å². The van der Waals surface area contributed by atoms with Crippen molar-refractivity contribution in [1.29, 1.82) is 0 Å². The Morgan fingerprint density at radius 3 is 2.45 bits per heavy atom. The minimum atomic E-state index is -1.18. The Morgan fingerprint density at radius 2 is 1.95 bits per heavy atom. The van der Waals surface area contributed by atoms with Gasteiger partial charge in [-0.2, -0.15) is 4.98 Å². The minimum Gasteiger partial charge on any atom is -0.503 e. The van der Waals surface area contributed by atoms with Gasteiger partial charge in [-0.3, -0.25) is 10.1 Å². The van der Waals surface area contributed by atoms with Crippen molar-refractivity contribution in [2.75, 3.05) is 11.1 Å². The first-order chi connectivity index (χ1) is 9.38. The number of phenolic OH excluding ortho intramolecular Hbond substituents is 1. The molecule has 10 heteroatoms. The summed E-state index contributed by atoms with van der Waals surface area (Å²) in [6, 6.07) is 1.61. The topological polar surface area (TPSA) is 127 Å². The van der Waals surface area contributed by atoms with E-state index in [-0.39, 0.29) is 11.6 Å². The van der Waals surface area contributed by atoms with Gasteiger partial charge in [0.1, 0.15) is 6.20 Å². The van der Waals surface area contributed by atoms with E-state index < -0.39 is 33.8 Å². The van der Waals surface area contributed by atoms with Crippen molar-refractivity contribution < 1.29 is 18.8 Å². The number of aromatic nitrogens is 2. The van der Waals surface area contributed by atoms with E-state index in [0.29, 0.717) is 0 Å². The van der Waals surface area contributed by atoms with Gasteiger partial charge in [0, 0.05) is 17.8 Å². The monoisotopic (exact) mass is 283 g/mol. The Bertz CT molecular complexity index is 672. The van der Waals surface area contributed by atoms with Gasteiger partial charge in [0.05, 0.1) is 4.92 Å². The van der Waals surface area contributed by atoms with Crippen LogP contribution in [0.5, 0.6) is 5.75 Å². The first kappa shape index (κ1) is 13.4. The normalized spacial score (nSPS) is 10.3. The maximum absolute atomic E-state index is 13.1. The van der Waals surface area contributed by atoms with E-state index in [2.05, 4.69) is 15.3 Å². The number of halogens is 2. The van der Waals surface area contributed by atoms with E-state index in [1.165, 1.54) is 0 Å². The number of nitrogens with one attached hydrogen (secondary N) is 1. The van der Waals surface area contributed by atoms with Crippen LogP contribution in [0.25, 0.3) is 0 Å². The SMILES string of the molecule is Nc1nc(Nc2cc(F)c(O)c(F)c2)ncc1[N+](=O)[O-]. The maximum Gasteiger partial charge on any atom is 0.329 e. The summed E-state index contributed by atoms with van der Waals surface area (Å²) in [6.07, 6.45) is 0.859. The van der Waals surface area contributed by atoms with Gasteiger partial charge in [-0.15, -0.1) is 0 Å². The van der Waals surface area contributed by atoms with Crippen molar-refractivity contribution in [3.63, 3.8) is 0 Å². The van der Waals surface area contributed by atoms with Crippen LogP contribution in [-0.2, 0) is 0 Å². The number of nitro groups is 1. The summed E-state index contributed by atoms with van der Waals surface area (Å²) in [6.45, 7) is 0. The molecular weight excluding hydrogens is 276 g/mol. The lowest BCUT2D eigenvalue weighted by atomic mass is 10.3. The number of phenols is 1. The standard InChI is InChI=1S/C10H7F2N5O3/c11-5-1-4(2-6(12)8(5)18)15-10-14-3-7(17(19)20)9(13)16-10/h1-3,18H,(H3,13,14,15,16). The molecule has 1 aromatic heterocycles. The molecule has 0 atom stereocenters. The number of rotatable bonds is 3. The predicted octanol–water partition coefficient (Wildman–Crippen LogP) is 1.69. The predicted molar refractivity (Wildman–Crippen MR) is 64.4 cm³/mol. The molecule has 0 aliphatic rings. The second-order valence-corrected chi connectivity index (χ2v) is 3.63. The van der Waals surface area contributed by atoms with E-state index in [9.17, 15) is 18.9 Å². The first-order valence-corrected chi connectivity index (χ1v) is 5.10. The van der Waals surface area contributed by atoms with Crippen LogP contribution in [0.15, 0.2) is 18.3 Å². The highest BCUT2D eigenvalue weighted by molar-refractivity contribution is 5.59. The fourth-order valence-corrected chi connectivity index (χ4v) is 1.36. The number of benzene rings is 1. The molecule has 1 heterocycles. The molecule has 0 amide bonds. The molecule has 0 aliphatic heterocycles. The zero-order valence-corrected chi connectivity index (χ0v) is 9.67. The number of nitrogens with zero attached hydrogens (tertiary/aromatic N) is 3. The molecule has 0 saturated carbocycles. The zero-order chi connectivity index (χ0) is 14.9. The highest BCUT2D eigenvalue weighted by Gasteiger charge is 2.15. The fourth-order valence-electron chi connectivity index (χ4n) is 1.36. The van der Waals surface area contributed by atoms with Gasteiger partial charge in [-0.1, -0.05) is 0 Å². The molecule has 1 aromatic carbocycles. The molecule has 2 aromatic rings. The number of anilines is 3. The maximum atomic E-state index is 13.1. The molecule has 4 N–H and O–H groups in total. The quantitative estimate of drug-likeness (QED) is 0.444. The molecule has 0 spiro atoms. The van der Waals surface area contributed by atoms with Gasteiger partial charge in [-0.25, -0.2) is 13.8 Å². The second-order valence-electron chi connectivity index (χ2n) is 3.63. The summed E-state index contributed by atoms with van der Waals surface area (Å²) >= 11 is 0.